The van der Waals surface area contributed by atoms with Gasteiger partial charge in [-0.25, -0.2) is 4.98 Å². The summed E-state index contributed by atoms with van der Waals surface area (Å²) in [6, 6.07) is 11.7. The van der Waals surface area contributed by atoms with E-state index in [4.69, 9.17) is 14.2 Å². The molecular weight excluding hydrogens is 513 g/mol. The molecule has 8 nitrogen and oxygen atoms in total. The van der Waals surface area contributed by atoms with Gasteiger partial charge < -0.3 is 24.4 Å². The molecular formula is C28H31F3N4O4. The fraction of sp³-hybridized carbons (Fsp3) is 0.393. The zero-order chi connectivity index (χ0) is 28.0. The third-order valence-corrected chi connectivity index (χ3v) is 6.65. The van der Waals surface area contributed by atoms with Crippen LogP contribution < -0.4 is 19.5 Å². The minimum Gasteiger partial charge on any atom is -0.497 e. The Balaban J connectivity index is 1.51. The minimum atomic E-state index is -4.71. The molecule has 1 aliphatic heterocycles. The Morgan fingerprint density at radius 3 is 2.56 bits per heavy atom. The maximum Gasteiger partial charge on any atom is 0.423 e. The van der Waals surface area contributed by atoms with Crippen LogP contribution in [0.5, 0.6) is 17.4 Å². The highest BCUT2D eigenvalue weighted by Gasteiger charge is 2.36. The highest BCUT2D eigenvalue weighted by atomic mass is 19.4. The molecule has 0 bridgehead atoms. The van der Waals surface area contributed by atoms with Gasteiger partial charge >= 0.3 is 6.18 Å². The Labute approximate surface area is 225 Å². The number of ketones is 1. The number of nitrogens with one attached hydrogen (secondary N) is 1. The molecule has 1 fully saturated rings. The number of halogens is 3. The molecule has 0 radical (unpaired) electrons. The second-order valence-electron chi connectivity index (χ2n) is 9.46. The van der Waals surface area contributed by atoms with E-state index in [0.29, 0.717) is 46.8 Å². The Morgan fingerprint density at radius 1 is 1.10 bits per heavy atom. The average molecular weight is 545 g/mol. The molecule has 208 valence electrons. The van der Waals surface area contributed by atoms with Crippen LogP contribution >= 0.6 is 0 Å². The molecule has 0 amide bonds. The van der Waals surface area contributed by atoms with Gasteiger partial charge in [0.1, 0.15) is 23.7 Å². The van der Waals surface area contributed by atoms with E-state index in [1.807, 2.05) is 0 Å². The quantitative estimate of drug-likeness (QED) is 0.323. The lowest BCUT2D eigenvalue weighted by Crippen LogP contribution is -2.31. The van der Waals surface area contributed by atoms with E-state index in [1.54, 1.807) is 42.5 Å². The van der Waals surface area contributed by atoms with Crippen molar-refractivity contribution in [1.82, 2.24) is 14.9 Å². The summed E-state index contributed by atoms with van der Waals surface area (Å²) in [4.78, 5) is 23.0. The zero-order valence-corrected chi connectivity index (χ0v) is 22.0. The van der Waals surface area contributed by atoms with Crippen LogP contribution in [0.25, 0.3) is 0 Å². The molecule has 2 aromatic carbocycles. The van der Waals surface area contributed by atoms with Crippen molar-refractivity contribution in [2.75, 3.05) is 39.7 Å². The van der Waals surface area contributed by atoms with Crippen molar-refractivity contribution in [3.05, 3.63) is 65.4 Å². The van der Waals surface area contributed by atoms with Gasteiger partial charge in [0.15, 0.2) is 5.78 Å². The third kappa shape index (κ3) is 7.38. The summed E-state index contributed by atoms with van der Waals surface area (Å²) >= 11 is 0. The molecule has 2 heterocycles. The Bertz CT molecular complexity index is 1290. The highest BCUT2D eigenvalue weighted by molar-refractivity contribution is 5.97. The maximum absolute atomic E-state index is 13.6. The normalized spacial score (nSPS) is 14.6. The van der Waals surface area contributed by atoms with Crippen LogP contribution in [0.1, 0.15) is 40.7 Å². The maximum atomic E-state index is 13.6. The van der Waals surface area contributed by atoms with Gasteiger partial charge in [0, 0.05) is 18.2 Å². The van der Waals surface area contributed by atoms with Crippen LogP contribution in [-0.2, 0) is 12.8 Å². The van der Waals surface area contributed by atoms with E-state index in [-0.39, 0.29) is 18.3 Å². The number of benzene rings is 2. The molecule has 39 heavy (non-hydrogen) atoms. The average Bonchev–Trinajstić information content (AvgIpc) is 2.93. The highest BCUT2D eigenvalue weighted by Crippen LogP contribution is 2.36. The van der Waals surface area contributed by atoms with Gasteiger partial charge in [-0.3, -0.25) is 4.79 Å². The molecule has 0 atom stereocenters. The van der Waals surface area contributed by atoms with E-state index >= 15 is 0 Å². The largest absolute Gasteiger partial charge is 0.497 e. The van der Waals surface area contributed by atoms with E-state index in [2.05, 4.69) is 27.2 Å². The van der Waals surface area contributed by atoms with Crippen molar-refractivity contribution in [2.24, 2.45) is 5.92 Å². The molecule has 1 aromatic heterocycles. The standard InChI is InChI=1S/C28H31F3N4O4/c1-35-11-9-18(10-12-35)14-24(36)20-7-8-23(25(15-20)38-3)33-27-32-16-22(28(29,30)31)26(34-27)39-17-19-5-4-6-21(13-19)37-2/h4-8,13,15-16,18H,9-12,14,17H2,1-3H3,(H,32,33,34). The van der Waals surface area contributed by atoms with Gasteiger partial charge in [-0.05, 0) is 74.8 Å². The Hall–Kier alpha value is -3.86. The van der Waals surface area contributed by atoms with Crippen molar-refractivity contribution in [2.45, 2.75) is 32.0 Å². The van der Waals surface area contributed by atoms with Crippen LogP contribution in [0.15, 0.2) is 48.7 Å². The summed E-state index contributed by atoms with van der Waals surface area (Å²) in [6.45, 7) is 1.79. The van der Waals surface area contributed by atoms with Crippen LogP contribution in [0.3, 0.4) is 0 Å². The van der Waals surface area contributed by atoms with Gasteiger partial charge in [0.25, 0.3) is 0 Å². The summed E-state index contributed by atoms with van der Waals surface area (Å²) in [6.07, 6.45) is -1.63. The molecule has 11 heteroatoms. The van der Waals surface area contributed by atoms with Crippen molar-refractivity contribution in [1.29, 1.82) is 0 Å². The third-order valence-electron chi connectivity index (χ3n) is 6.65. The lowest BCUT2D eigenvalue weighted by Gasteiger charge is -2.28. The topological polar surface area (TPSA) is 85.8 Å². The number of ether oxygens (including phenoxy) is 3. The molecule has 0 spiro atoms. The lowest BCUT2D eigenvalue weighted by atomic mass is 9.90. The minimum absolute atomic E-state index is 0.0217. The van der Waals surface area contributed by atoms with E-state index < -0.39 is 17.6 Å². The summed E-state index contributed by atoms with van der Waals surface area (Å²) in [5.41, 5.74) is 0.411. The molecule has 1 N–H and O–H groups in total. The van der Waals surface area contributed by atoms with Crippen molar-refractivity contribution < 1.29 is 32.2 Å². The first-order valence-electron chi connectivity index (χ1n) is 12.5. The fourth-order valence-corrected chi connectivity index (χ4v) is 4.38. The van der Waals surface area contributed by atoms with E-state index in [9.17, 15) is 18.0 Å². The molecule has 0 saturated carbocycles. The summed E-state index contributed by atoms with van der Waals surface area (Å²) in [7, 11) is 5.02. The Kier molecular flexibility index (Phi) is 8.90. The summed E-state index contributed by atoms with van der Waals surface area (Å²) in [5, 5.41) is 2.88. The number of methoxy groups -OCH3 is 2. The number of rotatable bonds is 10. The number of alkyl halides is 3. The number of piperidine rings is 1. The number of hydrogen-bond acceptors (Lipinski definition) is 8. The number of likely N-dealkylation sites (tertiary alicyclic amines) is 1. The smallest absolute Gasteiger partial charge is 0.423 e. The van der Waals surface area contributed by atoms with Crippen LogP contribution in [0.4, 0.5) is 24.8 Å². The monoisotopic (exact) mass is 544 g/mol. The fourth-order valence-electron chi connectivity index (χ4n) is 4.38. The first-order valence-corrected chi connectivity index (χ1v) is 12.5. The van der Waals surface area contributed by atoms with E-state index in [0.717, 1.165) is 25.9 Å². The molecule has 0 aliphatic carbocycles. The van der Waals surface area contributed by atoms with Crippen LogP contribution in [0, 0.1) is 5.92 Å². The summed E-state index contributed by atoms with van der Waals surface area (Å²) in [5.74, 6) is 0.519. The van der Waals surface area contributed by atoms with Gasteiger partial charge in [-0.1, -0.05) is 12.1 Å². The number of aromatic nitrogens is 2. The number of hydrogen-bond donors (Lipinski definition) is 1. The van der Waals surface area contributed by atoms with Crippen LogP contribution in [-0.4, -0.2) is 55.0 Å². The van der Waals surface area contributed by atoms with Crippen molar-refractivity contribution in [3.8, 4) is 17.4 Å². The molecule has 1 aliphatic rings. The molecule has 3 aromatic rings. The van der Waals surface area contributed by atoms with Gasteiger partial charge in [-0.15, -0.1) is 0 Å². The SMILES string of the molecule is COc1cccc(COc2nc(Nc3ccc(C(=O)CC4CCN(C)CC4)cc3OC)ncc2C(F)(F)F)c1. The molecule has 1 saturated heterocycles. The van der Waals surface area contributed by atoms with Crippen molar-refractivity contribution >= 4 is 17.4 Å². The van der Waals surface area contributed by atoms with Gasteiger partial charge in [0.2, 0.25) is 11.8 Å². The number of Topliss-reactive ketones (excluding diaryl/α,β-unsaturated/α-hetero) is 1. The van der Waals surface area contributed by atoms with Gasteiger partial charge in [-0.2, -0.15) is 18.2 Å². The number of carbonyl (C=O) groups is 1. The number of anilines is 2. The van der Waals surface area contributed by atoms with Gasteiger partial charge in [0.05, 0.1) is 19.9 Å². The van der Waals surface area contributed by atoms with Crippen molar-refractivity contribution in [3.63, 3.8) is 0 Å². The first kappa shape index (κ1) is 28.2. The Morgan fingerprint density at radius 2 is 1.87 bits per heavy atom. The molecule has 4 rings (SSSR count). The predicted molar refractivity (Wildman–Crippen MR) is 140 cm³/mol. The predicted octanol–water partition coefficient (Wildman–Crippen LogP) is 5.75. The second kappa shape index (κ2) is 12.3. The molecule has 0 unspecified atom stereocenters. The number of carbonyl (C=O) groups excluding carboxylic acids is 1. The van der Waals surface area contributed by atoms with Crippen LogP contribution in [0.2, 0.25) is 0 Å². The zero-order valence-electron chi connectivity index (χ0n) is 22.0. The van der Waals surface area contributed by atoms with E-state index in [1.165, 1.54) is 14.2 Å². The second-order valence-corrected chi connectivity index (χ2v) is 9.46. The number of nitrogens with zero attached hydrogens (tertiary/aromatic N) is 3. The lowest BCUT2D eigenvalue weighted by molar-refractivity contribution is -0.139. The first-order chi connectivity index (χ1) is 18.7. The summed E-state index contributed by atoms with van der Waals surface area (Å²) < 4.78 is 56.9.